The SMILES string of the molecule is C1CC(COC2CO2)O1.C=CC. The van der Waals surface area contributed by atoms with Crippen molar-refractivity contribution in [3.05, 3.63) is 12.7 Å². The molecule has 0 aromatic carbocycles. The molecular formula is C9H16O3. The van der Waals surface area contributed by atoms with Gasteiger partial charge < -0.3 is 14.2 Å². The van der Waals surface area contributed by atoms with E-state index < -0.39 is 0 Å². The van der Waals surface area contributed by atoms with Crippen molar-refractivity contribution < 1.29 is 14.2 Å². The first-order chi connectivity index (χ1) is 5.86. The van der Waals surface area contributed by atoms with E-state index in [9.17, 15) is 0 Å². The highest BCUT2D eigenvalue weighted by Gasteiger charge is 2.26. The van der Waals surface area contributed by atoms with Crippen LogP contribution in [0.25, 0.3) is 0 Å². The molecule has 3 nitrogen and oxygen atoms in total. The van der Waals surface area contributed by atoms with Crippen LogP contribution in [0.2, 0.25) is 0 Å². The Bertz CT molecular complexity index is 128. The number of ether oxygens (including phenoxy) is 3. The van der Waals surface area contributed by atoms with Crippen molar-refractivity contribution in [3.8, 4) is 0 Å². The van der Waals surface area contributed by atoms with Crippen LogP contribution < -0.4 is 0 Å². The van der Waals surface area contributed by atoms with Gasteiger partial charge in [0.05, 0.1) is 12.7 Å². The maximum atomic E-state index is 5.21. The second-order valence-electron chi connectivity index (χ2n) is 2.79. The van der Waals surface area contributed by atoms with Crippen molar-refractivity contribution in [2.75, 3.05) is 19.8 Å². The molecule has 0 radical (unpaired) electrons. The molecule has 0 aliphatic carbocycles. The Morgan fingerprint density at radius 1 is 1.58 bits per heavy atom. The molecule has 70 valence electrons. The van der Waals surface area contributed by atoms with Crippen molar-refractivity contribution >= 4 is 0 Å². The monoisotopic (exact) mass is 172 g/mol. The highest BCUT2D eigenvalue weighted by atomic mass is 16.8. The Hall–Kier alpha value is -0.380. The summed E-state index contributed by atoms with van der Waals surface area (Å²) in [4.78, 5) is 0. The molecule has 0 aromatic rings. The van der Waals surface area contributed by atoms with Crippen LogP contribution in [0.5, 0.6) is 0 Å². The van der Waals surface area contributed by atoms with Gasteiger partial charge in [0, 0.05) is 6.61 Å². The Labute approximate surface area is 73.3 Å². The zero-order valence-corrected chi connectivity index (χ0v) is 7.49. The van der Waals surface area contributed by atoms with E-state index in [-0.39, 0.29) is 6.29 Å². The maximum Gasteiger partial charge on any atom is 0.181 e. The molecule has 0 N–H and O–H groups in total. The summed E-state index contributed by atoms with van der Waals surface area (Å²) in [6.07, 6.45) is 3.34. The summed E-state index contributed by atoms with van der Waals surface area (Å²) < 4.78 is 15.2. The fourth-order valence-electron chi connectivity index (χ4n) is 0.766. The molecule has 2 aliphatic heterocycles. The van der Waals surface area contributed by atoms with E-state index in [1.807, 2.05) is 6.92 Å². The van der Waals surface area contributed by atoms with E-state index >= 15 is 0 Å². The highest BCUT2D eigenvalue weighted by molar-refractivity contribution is 4.66. The van der Waals surface area contributed by atoms with Gasteiger partial charge in [0.2, 0.25) is 0 Å². The lowest BCUT2D eigenvalue weighted by Gasteiger charge is -2.25. The molecule has 0 spiro atoms. The lowest BCUT2D eigenvalue weighted by Crippen LogP contribution is -2.31. The fraction of sp³-hybridized carbons (Fsp3) is 0.778. The molecule has 2 aliphatic rings. The molecule has 0 aromatic heterocycles. The second kappa shape index (κ2) is 5.30. The minimum Gasteiger partial charge on any atom is -0.376 e. The highest BCUT2D eigenvalue weighted by Crippen LogP contribution is 2.15. The molecule has 3 heteroatoms. The van der Waals surface area contributed by atoms with Gasteiger partial charge in [0.15, 0.2) is 6.29 Å². The van der Waals surface area contributed by atoms with Crippen molar-refractivity contribution in [3.63, 3.8) is 0 Å². The number of epoxide rings is 1. The molecule has 2 fully saturated rings. The Morgan fingerprint density at radius 2 is 2.17 bits per heavy atom. The lowest BCUT2D eigenvalue weighted by atomic mass is 10.2. The molecule has 2 saturated heterocycles. The zero-order chi connectivity index (χ0) is 8.81. The average molecular weight is 172 g/mol. The minimum atomic E-state index is 0.0919. The molecule has 2 rings (SSSR count). The summed E-state index contributed by atoms with van der Waals surface area (Å²) in [5, 5.41) is 0. The summed E-state index contributed by atoms with van der Waals surface area (Å²) >= 11 is 0. The van der Waals surface area contributed by atoms with E-state index in [1.54, 1.807) is 6.08 Å². The second-order valence-corrected chi connectivity index (χ2v) is 2.79. The van der Waals surface area contributed by atoms with Crippen LogP contribution in [-0.4, -0.2) is 32.2 Å². The normalized spacial score (nSPS) is 31.1. The zero-order valence-electron chi connectivity index (χ0n) is 7.49. The minimum absolute atomic E-state index is 0.0919. The lowest BCUT2D eigenvalue weighted by molar-refractivity contribution is -0.107. The molecule has 0 saturated carbocycles. The van der Waals surface area contributed by atoms with E-state index in [2.05, 4.69) is 6.58 Å². The van der Waals surface area contributed by atoms with Crippen LogP contribution in [0.3, 0.4) is 0 Å². The van der Waals surface area contributed by atoms with Crippen molar-refractivity contribution in [2.45, 2.75) is 25.7 Å². The summed E-state index contributed by atoms with van der Waals surface area (Å²) in [5.74, 6) is 0. The van der Waals surface area contributed by atoms with Crippen molar-refractivity contribution in [2.24, 2.45) is 0 Å². The first kappa shape index (κ1) is 9.71. The molecule has 2 heterocycles. The first-order valence-corrected chi connectivity index (χ1v) is 4.28. The third-order valence-corrected chi connectivity index (χ3v) is 1.56. The van der Waals surface area contributed by atoms with Gasteiger partial charge in [0.25, 0.3) is 0 Å². The van der Waals surface area contributed by atoms with Gasteiger partial charge >= 0.3 is 0 Å². The van der Waals surface area contributed by atoms with E-state index in [1.165, 1.54) is 0 Å². The van der Waals surface area contributed by atoms with E-state index in [4.69, 9.17) is 14.2 Å². The third kappa shape index (κ3) is 3.85. The first-order valence-electron chi connectivity index (χ1n) is 4.28. The number of allylic oxidation sites excluding steroid dienone is 1. The molecule has 0 amide bonds. The van der Waals surface area contributed by atoms with Crippen LogP contribution in [0.15, 0.2) is 12.7 Å². The van der Waals surface area contributed by atoms with E-state index in [0.29, 0.717) is 12.7 Å². The maximum absolute atomic E-state index is 5.21. The third-order valence-electron chi connectivity index (χ3n) is 1.56. The molecular weight excluding hydrogens is 156 g/mol. The molecule has 2 unspecified atom stereocenters. The van der Waals surface area contributed by atoms with Gasteiger partial charge in [-0.2, -0.15) is 0 Å². The number of hydrogen-bond acceptors (Lipinski definition) is 3. The molecule has 0 bridgehead atoms. The molecule has 12 heavy (non-hydrogen) atoms. The van der Waals surface area contributed by atoms with Gasteiger partial charge in [-0.05, 0) is 13.3 Å². The summed E-state index contributed by atoms with van der Waals surface area (Å²) in [6.45, 7) is 7.64. The Kier molecular flexibility index (Phi) is 4.29. The Balaban J connectivity index is 0.000000213. The van der Waals surface area contributed by atoms with Crippen LogP contribution in [0, 0.1) is 0 Å². The van der Waals surface area contributed by atoms with Gasteiger partial charge in [-0.3, -0.25) is 0 Å². The largest absolute Gasteiger partial charge is 0.376 e. The topological polar surface area (TPSA) is 31.0 Å². The Morgan fingerprint density at radius 3 is 2.50 bits per heavy atom. The quantitative estimate of drug-likeness (QED) is 0.475. The predicted molar refractivity (Wildman–Crippen MR) is 45.9 cm³/mol. The van der Waals surface area contributed by atoms with Gasteiger partial charge in [-0.25, -0.2) is 0 Å². The summed E-state index contributed by atoms with van der Waals surface area (Å²) in [5.41, 5.74) is 0. The fourth-order valence-corrected chi connectivity index (χ4v) is 0.766. The predicted octanol–water partition coefficient (Wildman–Crippen LogP) is 1.34. The van der Waals surface area contributed by atoms with E-state index in [0.717, 1.165) is 19.6 Å². The van der Waals surface area contributed by atoms with Crippen LogP contribution in [-0.2, 0) is 14.2 Å². The summed E-state index contributed by atoms with van der Waals surface area (Å²) in [7, 11) is 0. The van der Waals surface area contributed by atoms with Crippen LogP contribution >= 0.6 is 0 Å². The number of rotatable bonds is 3. The summed E-state index contributed by atoms with van der Waals surface area (Å²) in [6, 6.07) is 0. The van der Waals surface area contributed by atoms with Gasteiger partial charge in [0.1, 0.15) is 6.61 Å². The van der Waals surface area contributed by atoms with Gasteiger partial charge in [-0.15, -0.1) is 6.58 Å². The van der Waals surface area contributed by atoms with Crippen molar-refractivity contribution in [1.82, 2.24) is 0 Å². The van der Waals surface area contributed by atoms with Gasteiger partial charge in [-0.1, -0.05) is 6.08 Å². The number of hydrogen-bond donors (Lipinski definition) is 0. The van der Waals surface area contributed by atoms with Crippen LogP contribution in [0.4, 0.5) is 0 Å². The smallest absolute Gasteiger partial charge is 0.181 e. The van der Waals surface area contributed by atoms with Crippen molar-refractivity contribution in [1.29, 1.82) is 0 Å². The standard InChI is InChI=1S/C6H10O3.C3H6/c1-2-7-5(1)3-8-6-4-9-6;1-3-2/h5-6H,1-4H2;3H,1H2,2H3. The van der Waals surface area contributed by atoms with Crippen LogP contribution in [0.1, 0.15) is 13.3 Å². The average Bonchev–Trinajstić information content (AvgIpc) is 2.69. The molecule has 2 atom stereocenters.